The fourth-order valence-corrected chi connectivity index (χ4v) is 4.16. The van der Waals surface area contributed by atoms with Crippen molar-refractivity contribution in [1.29, 1.82) is 0 Å². The number of nitrogens with zero attached hydrogens (tertiary/aromatic N) is 1. The number of carbonyl (C=O) groups excluding carboxylic acids is 1. The molecule has 0 aliphatic carbocycles. The quantitative estimate of drug-likeness (QED) is 0.0875. The summed E-state index contributed by atoms with van der Waals surface area (Å²) in [6, 6.07) is -0.872. The summed E-state index contributed by atoms with van der Waals surface area (Å²) in [7, 11) is 1.25. The number of nitrogens with one attached hydrogen (secondary N) is 1. The number of allylic oxidation sites excluding steroid dienone is 1. The Morgan fingerprint density at radius 2 is 1.54 bits per heavy atom. The van der Waals surface area contributed by atoms with Crippen LogP contribution in [0, 0.1) is 0 Å². The van der Waals surface area contributed by atoms with E-state index in [1.165, 1.54) is 32.1 Å². The van der Waals surface area contributed by atoms with E-state index in [0.717, 1.165) is 44.9 Å². The summed E-state index contributed by atoms with van der Waals surface area (Å²) in [6.07, 6.45) is 15.9. The zero-order valence-corrected chi connectivity index (χ0v) is 23.9. The van der Waals surface area contributed by atoms with Crippen LogP contribution in [0.5, 0.6) is 0 Å². The third-order valence-electron chi connectivity index (χ3n) is 5.75. The van der Waals surface area contributed by atoms with Crippen LogP contribution in [0.2, 0.25) is 0 Å². The first-order chi connectivity index (χ1) is 16.5. The monoisotopic (exact) mass is 520 g/mol. The number of quaternary nitrogens is 1. The van der Waals surface area contributed by atoms with Crippen LogP contribution in [-0.2, 0) is 18.4 Å². The van der Waals surface area contributed by atoms with Crippen molar-refractivity contribution in [3.63, 3.8) is 0 Å². The summed E-state index contributed by atoms with van der Waals surface area (Å²) in [6.45, 7) is 4.44. The SMILES string of the molecule is CCCCC/C=C/C(O)C(COP(=O)([O-])OCC[N+](C)(C)C)NC(=O)CCCCCCCCCC. The molecule has 0 rings (SSSR count). The van der Waals surface area contributed by atoms with E-state index < -0.39 is 20.0 Å². The molecule has 0 aromatic rings. The zero-order chi connectivity index (χ0) is 26.6. The Hall–Kier alpha value is -0.760. The summed E-state index contributed by atoms with van der Waals surface area (Å²) in [5.74, 6) is -0.213. The molecule has 0 heterocycles. The number of hydrogen-bond acceptors (Lipinski definition) is 6. The van der Waals surface area contributed by atoms with Crippen LogP contribution in [0.3, 0.4) is 0 Å². The van der Waals surface area contributed by atoms with Gasteiger partial charge in [-0.15, -0.1) is 0 Å². The van der Waals surface area contributed by atoms with Gasteiger partial charge in [-0.2, -0.15) is 0 Å². The maximum atomic E-state index is 12.5. The van der Waals surface area contributed by atoms with Crippen molar-refractivity contribution in [2.45, 2.75) is 109 Å². The lowest BCUT2D eigenvalue weighted by Gasteiger charge is -2.29. The van der Waals surface area contributed by atoms with Gasteiger partial charge in [0.2, 0.25) is 5.91 Å². The Morgan fingerprint density at radius 3 is 2.14 bits per heavy atom. The number of aliphatic hydroxyl groups excluding tert-OH is 1. The van der Waals surface area contributed by atoms with Crippen LogP contribution in [-0.4, -0.2) is 68.5 Å². The standard InChI is InChI=1S/C26H53N2O6P/c1-6-8-10-12-13-14-16-18-20-26(30)27-24(25(29)19-17-15-11-9-7-2)23-34-35(31,32)33-22-21-28(3,4)5/h17,19,24-25,29H,6-16,18,20-23H2,1-5H3,(H-,27,30,31,32)/b19-17+. The molecule has 1 amide bonds. The molecule has 208 valence electrons. The third-order valence-corrected chi connectivity index (χ3v) is 6.71. The van der Waals surface area contributed by atoms with Crippen molar-refractivity contribution >= 4 is 13.7 Å². The second-order valence-electron chi connectivity index (χ2n) is 10.4. The first kappa shape index (κ1) is 34.2. The maximum absolute atomic E-state index is 12.5. The van der Waals surface area contributed by atoms with Gasteiger partial charge in [0.15, 0.2) is 0 Å². The van der Waals surface area contributed by atoms with Gasteiger partial charge in [-0.1, -0.05) is 83.8 Å². The lowest BCUT2D eigenvalue weighted by Crippen LogP contribution is -2.45. The van der Waals surface area contributed by atoms with Crippen LogP contribution in [0.15, 0.2) is 12.2 Å². The van der Waals surface area contributed by atoms with E-state index in [1.54, 1.807) is 6.08 Å². The van der Waals surface area contributed by atoms with E-state index in [9.17, 15) is 19.4 Å². The molecule has 0 radical (unpaired) electrons. The van der Waals surface area contributed by atoms with Gasteiger partial charge < -0.3 is 28.8 Å². The van der Waals surface area contributed by atoms with E-state index in [2.05, 4.69) is 19.2 Å². The third kappa shape index (κ3) is 22.2. The highest BCUT2D eigenvalue weighted by Gasteiger charge is 2.23. The molecule has 8 nitrogen and oxygen atoms in total. The van der Waals surface area contributed by atoms with E-state index >= 15 is 0 Å². The maximum Gasteiger partial charge on any atom is 0.268 e. The molecule has 0 bridgehead atoms. The van der Waals surface area contributed by atoms with E-state index in [4.69, 9.17) is 9.05 Å². The predicted molar refractivity (Wildman–Crippen MR) is 141 cm³/mol. The minimum Gasteiger partial charge on any atom is -0.756 e. The summed E-state index contributed by atoms with van der Waals surface area (Å²) < 4.78 is 22.7. The van der Waals surface area contributed by atoms with Crippen LogP contribution in [0.1, 0.15) is 97.3 Å². The topological polar surface area (TPSA) is 108 Å². The number of likely N-dealkylation sites (N-methyl/N-ethyl adjacent to an activating group) is 1. The fourth-order valence-electron chi connectivity index (χ4n) is 3.44. The Kier molecular flexibility index (Phi) is 19.9. The molecule has 0 aliphatic heterocycles. The number of phosphoric acid groups is 1. The molecular weight excluding hydrogens is 467 g/mol. The highest BCUT2D eigenvalue weighted by Crippen LogP contribution is 2.38. The van der Waals surface area contributed by atoms with Crippen molar-refractivity contribution in [2.75, 3.05) is 40.9 Å². The average Bonchev–Trinajstić information content (AvgIpc) is 2.77. The molecule has 2 N–H and O–H groups in total. The number of phosphoric ester groups is 1. The fraction of sp³-hybridized carbons (Fsp3) is 0.885. The van der Waals surface area contributed by atoms with Crippen molar-refractivity contribution in [3.8, 4) is 0 Å². The molecule has 0 aliphatic rings. The summed E-state index contributed by atoms with van der Waals surface area (Å²) >= 11 is 0. The highest BCUT2D eigenvalue weighted by molar-refractivity contribution is 7.45. The van der Waals surface area contributed by atoms with E-state index in [-0.39, 0.29) is 19.1 Å². The van der Waals surface area contributed by atoms with Crippen molar-refractivity contribution < 1.29 is 32.9 Å². The molecule has 9 heteroatoms. The largest absolute Gasteiger partial charge is 0.756 e. The zero-order valence-electron chi connectivity index (χ0n) is 23.0. The molecular formula is C26H53N2O6P. The van der Waals surface area contributed by atoms with Gasteiger partial charge >= 0.3 is 0 Å². The van der Waals surface area contributed by atoms with Gasteiger partial charge in [0.25, 0.3) is 7.82 Å². The Morgan fingerprint density at radius 1 is 0.971 bits per heavy atom. The number of aliphatic hydroxyl groups is 1. The van der Waals surface area contributed by atoms with Crippen molar-refractivity contribution in [3.05, 3.63) is 12.2 Å². The van der Waals surface area contributed by atoms with Gasteiger partial charge in [-0.05, 0) is 19.3 Å². The van der Waals surface area contributed by atoms with Gasteiger partial charge in [0.1, 0.15) is 13.2 Å². The normalized spacial score (nSPS) is 15.7. The van der Waals surface area contributed by atoms with Gasteiger partial charge in [0, 0.05) is 6.42 Å². The number of amides is 1. The van der Waals surface area contributed by atoms with Crippen LogP contribution in [0.25, 0.3) is 0 Å². The molecule has 3 unspecified atom stereocenters. The lowest BCUT2D eigenvalue weighted by molar-refractivity contribution is -0.870. The van der Waals surface area contributed by atoms with Gasteiger partial charge in [-0.3, -0.25) is 9.36 Å². The minimum atomic E-state index is -4.54. The number of carbonyl (C=O) groups is 1. The smallest absolute Gasteiger partial charge is 0.268 e. The molecule has 0 fully saturated rings. The predicted octanol–water partition coefficient (Wildman–Crippen LogP) is 4.71. The summed E-state index contributed by atoms with van der Waals surface area (Å²) in [5.41, 5.74) is 0. The molecule has 0 aromatic carbocycles. The van der Waals surface area contributed by atoms with Crippen LogP contribution < -0.4 is 10.2 Å². The second kappa shape index (κ2) is 20.3. The molecule has 35 heavy (non-hydrogen) atoms. The van der Waals surface area contributed by atoms with Crippen LogP contribution >= 0.6 is 7.82 Å². The summed E-state index contributed by atoms with van der Waals surface area (Å²) in [5, 5.41) is 13.3. The molecule has 0 saturated carbocycles. The number of rotatable bonds is 23. The van der Waals surface area contributed by atoms with Crippen molar-refractivity contribution in [2.24, 2.45) is 0 Å². The average molecular weight is 521 g/mol. The molecule has 0 aromatic heterocycles. The second-order valence-corrected chi connectivity index (χ2v) is 11.8. The Labute approximate surface area is 214 Å². The first-order valence-corrected chi connectivity index (χ1v) is 15.0. The molecule has 0 spiro atoms. The Balaban J connectivity index is 4.68. The van der Waals surface area contributed by atoms with Gasteiger partial charge in [0.05, 0.1) is 39.9 Å². The van der Waals surface area contributed by atoms with E-state index in [0.29, 0.717) is 17.4 Å². The van der Waals surface area contributed by atoms with E-state index in [1.807, 2.05) is 27.2 Å². The minimum absolute atomic E-state index is 0.000364. The Bertz CT molecular complexity index is 609. The number of unbranched alkanes of at least 4 members (excludes halogenated alkanes) is 10. The molecule has 3 atom stereocenters. The lowest BCUT2D eigenvalue weighted by atomic mass is 10.1. The first-order valence-electron chi connectivity index (χ1n) is 13.6. The van der Waals surface area contributed by atoms with Gasteiger partial charge in [-0.25, -0.2) is 0 Å². The number of hydrogen-bond donors (Lipinski definition) is 2. The summed E-state index contributed by atoms with van der Waals surface area (Å²) in [4.78, 5) is 24.6. The molecule has 0 saturated heterocycles. The van der Waals surface area contributed by atoms with Crippen LogP contribution in [0.4, 0.5) is 0 Å². The van der Waals surface area contributed by atoms with Crippen molar-refractivity contribution in [1.82, 2.24) is 5.32 Å². The highest BCUT2D eigenvalue weighted by atomic mass is 31.2.